The van der Waals surface area contributed by atoms with E-state index < -0.39 is 0 Å². The summed E-state index contributed by atoms with van der Waals surface area (Å²) >= 11 is 1.59. The zero-order chi connectivity index (χ0) is 26.9. The van der Waals surface area contributed by atoms with Crippen molar-refractivity contribution >= 4 is 29.4 Å². The van der Waals surface area contributed by atoms with E-state index in [9.17, 15) is 9.59 Å². The molecule has 6 rings (SSSR count). The Bertz CT molecular complexity index is 1510. The highest BCUT2D eigenvalue weighted by Gasteiger charge is 2.38. The molecule has 1 N–H and O–H groups in total. The molecule has 2 amide bonds. The molecule has 0 radical (unpaired) electrons. The van der Waals surface area contributed by atoms with Crippen LogP contribution in [0.25, 0.3) is 16.9 Å². The molecule has 198 valence electrons. The molecule has 1 saturated carbocycles. The number of hydrogen-bond donors (Lipinski definition) is 1. The number of benzene rings is 3. The molecule has 4 aromatic rings. The van der Waals surface area contributed by atoms with E-state index in [4.69, 9.17) is 9.84 Å². The standard InChI is InChI=1S/C31H30N4O3S/c1-20-8-6-7-11-25(20)30-28-29(21-9-4-3-5-10-21)33-35(23-14-16-24(38-2)17-15-23)31(28)34(27(37)19-39-30)18-26(36)32-22-12-13-22/h3-11,14-17,22,30H,12-13,18-19H2,1-2H3,(H,32,36). The van der Waals surface area contributed by atoms with Gasteiger partial charge in [-0.05, 0) is 55.2 Å². The first-order valence-electron chi connectivity index (χ1n) is 13.1. The van der Waals surface area contributed by atoms with Gasteiger partial charge in [-0.1, -0.05) is 54.6 Å². The monoisotopic (exact) mass is 538 g/mol. The highest BCUT2D eigenvalue weighted by molar-refractivity contribution is 8.00. The summed E-state index contributed by atoms with van der Waals surface area (Å²) in [5.74, 6) is 1.34. The lowest BCUT2D eigenvalue weighted by atomic mass is 9.97. The minimum Gasteiger partial charge on any atom is -0.497 e. The predicted octanol–water partition coefficient (Wildman–Crippen LogP) is 5.30. The minimum atomic E-state index is -0.153. The Balaban J connectivity index is 1.60. The van der Waals surface area contributed by atoms with Crippen molar-refractivity contribution in [3.63, 3.8) is 0 Å². The van der Waals surface area contributed by atoms with Crippen LogP contribution in [0.1, 0.15) is 34.8 Å². The van der Waals surface area contributed by atoms with Crippen LogP contribution in [0.15, 0.2) is 78.9 Å². The number of carbonyl (C=O) groups is 2. The molecule has 1 atom stereocenters. The number of nitrogens with one attached hydrogen (secondary N) is 1. The third-order valence-electron chi connectivity index (χ3n) is 7.17. The average Bonchev–Trinajstić information content (AvgIpc) is 3.71. The Labute approximate surface area is 232 Å². The highest BCUT2D eigenvalue weighted by atomic mass is 32.2. The zero-order valence-electron chi connectivity index (χ0n) is 22.0. The summed E-state index contributed by atoms with van der Waals surface area (Å²) in [6.07, 6.45) is 1.97. The Hall–Kier alpha value is -4.04. The second-order valence-corrected chi connectivity index (χ2v) is 11.0. The van der Waals surface area contributed by atoms with Gasteiger partial charge in [-0.3, -0.25) is 14.5 Å². The van der Waals surface area contributed by atoms with Crippen LogP contribution in [-0.4, -0.2) is 47.0 Å². The number of fused-ring (bicyclic) bond motifs is 1. The number of anilines is 1. The van der Waals surface area contributed by atoms with Crippen LogP contribution in [0.4, 0.5) is 5.82 Å². The Morgan fingerprint density at radius 3 is 2.44 bits per heavy atom. The SMILES string of the molecule is COc1ccc(-n2nc(-c3ccccc3)c3c2N(CC(=O)NC2CC2)C(=O)CSC3c2ccccc2C)cc1. The molecule has 0 bridgehead atoms. The van der Waals surface area contributed by atoms with Crippen LogP contribution in [0.2, 0.25) is 0 Å². The van der Waals surface area contributed by atoms with Crippen molar-refractivity contribution < 1.29 is 14.3 Å². The molecule has 1 unspecified atom stereocenters. The average molecular weight is 539 g/mol. The normalized spacial score (nSPS) is 16.9. The van der Waals surface area contributed by atoms with Gasteiger partial charge in [0.1, 0.15) is 18.1 Å². The molecular formula is C31H30N4O3S. The van der Waals surface area contributed by atoms with Crippen molar-refractivity contribution in [2.75, 3.05) is 24.3 Å². The van der Waals surface area contributed by atoms with Gasteiger partial charge in [0.15, 0.2) is 0 Å². The summed E-state index contributed by atoms with van der Waals surface area (Å²) in [6, 6.07) is 26.1. The fourth-order valence-electron chi connectivity index (χ4n) is 5.00. The number of hydrogen-bond acceptors (Lipinski definition) is 5. The number of amides is 2. The molecule has 3 aromatic carbocycles. The Morgan fingerprint density at radius 1 is 1.03 bits per heavy atom. The minimum absolute atomic E-state index is 0.0561. The van der Waals surface area contributed by atoms with Gasteiger partial charge in [0, 0.05) is 17.2 Å². The van der Waals surface area contributed by atoms with Crippen LogP contribution < -0.4 is 15.0 Å². The number of nitrogens with zero attached hydrogens (tertiary/aromatic N) is 3. The van der Waals surface area contributed by atoms with Crippen LogP contribution in [0.3, 0.4) is 0 Å². The molecule has 0 spiro atoms. The van der Waals surface area contributed by atoms with Gasteiger partial charge in [0.05, 0.1) is 29.5 Å². The topological polar surface area (TPSA) is 76.5 Å². The summed E-state index contributed by atoms with van der Waals surface area (Å²) in [4.78, 5) is 28.5. The van der Waals surface area contributed by atoms with Gasteiger partial charge in [-0.2, -0.15) is 5.10 Å². The second-order valence-electron chi connectivity index (χ2n) is 9.93. The molecule has 8 heteroatoms. The van der Waals surface area contributed by atoms with Crippen molar-refractivity contribution in [3.05, 3.63) is 95.6 Å². The summed E-state index contributed by atoms with van der Waals surface area (Å²) in [5.41, 5.74) is 5.74. The van der Waals surface area contributed by atoms with E-state index in [0.717, 1.165) is 52.2 Å². The van der Waals surface area contributed by atoms with E-state index in [2.05, 4.69) is 24.4 Å². The van der Waals surface area contributed by atoms with E-state index in [-0.39, 0.29) is 35.4 Å². The lowest BCUT2D eigenvalue weighted by Gasteiger charge is -2.23. The van der Waals surface area contributed by atoms with Crippen LogP contribution in [0, 0.1) is 6.92 Å². The fraction of sp³-hybridized carbons (Fsp3) is 0.258. The fourth-order valence-corrected chi connectivity index (χ4v) is 6.30. The van der Waals surface area contributed by atoms with Gasteiger partial charge in [0.2, 0.25) is 11.8 Å². The van der Waals surface area contributed by atoms with Crippen molar-refractivity contribution in [3.8, 4) is 22.7 Å². The maximum absolute atomic E-state index is 13.8. The second kappa shape index (κ2) is 10.6. The lowest BCUT2D eigenvalue weighted by molar-refractivity contribution is -0.123. The van der Waals surface area contributed by atoms with Gasteiger partial charge in [-0.15, -0.1) is 11.8 Å². The van der Waals surface area contributed by atoms with E-state index in [1.165, 1.54) is 0 Å². The molecule has 1 aliphatic heterocycles. The molecule has 1 fully saturated rings. The van der Waals surface area contributed by atoms with Crippen LogP contribution in [-0.2, 0) is 9.59 Å². The molecule has 1 aliphatic carbocycles. The molecule has 2 aliphatic rings. The number of aryl methyl sites for hydroxylation is 1. The molecule has 0 saturated heterocycles. The number of aromatic nitrogens is 2. The third-order valence-corrected chi connectivity index (χ3v) is 8.40. The van der Waals surface area contributed by atoms with Gasteiger partial charge < -0.3 is 10.1 Å². The van der Waals surface area contributed by atoms with Gasteiger partial charge in [-0.25, -0.2) is 4.68 Å². The van der Waals surface area contributed by atoms with E-state index in [1.54, 1.807) is 23.8 Å². The molecule has 2 heterocycles. The molecule has 1 aromatic heterocycles. The van der Waals surface area contributed by atoms with Crippen LogP contribution in [0.5, 0.6) is 5.75 Å². The van der Waals surface area contributed by atoms with E-state index in [0.29, 0.717) is 5.82 Å². The number of ether oxygens (including phenoxy) is 1. The number of carbonyl (C=O) groups excluding carboxylic acids is 2. The first-order chi connectivity index (χ1) is 19.0. The molecule has 7 nitrogen and oxygen atoms in total. The highest BCUT2D eigenvalue weighted by Crippen LogP contribution is 2.49. The largest absolute Gasteiger partial charge is 0.497 e. The van der Waals surface area contributed by atoms with E-state index >= 15 is 0 Å². The molecule has 39 heavy (non-hydrogen) atoms. The number of thioether (sulfide) groups is 1. The van der Waals surface area contributed by atoms with Crippen molar-refractivity contribution in [2.45, 2.75) is 31.1 Å². The zero-order valence-corrected chi connectivity index (χ0v) is 22.8. The summed E-state index contributed by atoms with van der Waals surface area (Å²) in [6.45, 7) is 2.04. The van der Waals surface area contributed by atoms with Crippen molar-refractivity contribution in [2.24, 2.45) is 0 Å². The van der Waals surface area contributed by atoms with Crippen molar-refractivity contribution in [1.82, 2.24) is 15.1 Å². The first kappa shape index (κ1) is 25.2. The van der Waals surface area contributed by atoms with Gasteiger partial charge in [0.25, 0.3) is 0 Å². The summed E-state index contributed by atoms with van der Waals surface area (Å²) in [5, 5.41) is 8.04. The smallest absolute Gasteiger partial charge is 0.240 e. The third kappa shape index (κ3) is 5.04. The maximum atomic E-state index is 13.8. The molecular weight excluding hydrogens is 508 g/mol. The quantitative estimate of drug-likeness (QED) is 0.345. The Kier molecular flexibility index (Phi) is 6.87. The first-order valence-corrected chi connectivity index (χ1v) is 14.2. The maximum Gasteiger partial charge on any atom is 0.240 e. The van der Waals surface area contributed by atoms with Crippen molar-refractivity contribution in [1.29, 1.82) is 0 Å². The van der Waals surface area contributed by atoms with Crippen LogP contribution >= 0.6 is 11.8 Å². The predicted molar refractivity (Wildman–Crippen MR) is 155 cm³/mol. The number of methoxy groups -OCH3 is 1. The number of rotatable bonds is 7. The van der Waals surface area contributed by atoms with Gasteiger partial charge >= 0.3 is 0 Å². The summed E-state index contributed by atoms with van der Waals surface area (Å²) < 4.78 is 7.20. The van der Waals surface area contributed by atoms with E-state index in [1.807, 2.05) is 71.4 Å². The Morgan fingerprint density at radius 2 is 1.74 bits per heavy atom. The lowest BCUT2D eigenvalue weighted by Crippen LogP contribution is -2.43. The summed E-state index contributed by atoms with van der Waals surface area (Å²) in [7, 11) is 1.63.